The van der Waals surface area contributed by atoms with E-state index in [1.165, 1.54) is 11.8 Å². The maximum Gasteiger partial charge on any atom is 0.173 e. The number of thioether (sulfide) groups is 1. The molecule has 1 aromatic heterocycles. The number of aliphatic hydroxyl groups excluding tert-OH is 3. The maximum atomic E-state index is 10.1. The zero-order valence-corrected chi connectivity index (χ0v) is 13.7. The number of aliphatic hydroxyl groups is 3. The monoisotopic (exact) mass is 337 g/mol. The first-order valence-electron chi connectivity index (χ1n) is 7.33. The second-order valence-electron chi connectivity index (χ2n) is 5.56. The van der Waals surface area contributed by atoms with E-state index in [9.17, 15) is 15.3 Å². The van der Waals surface area contributed by atoms with E-state index in [0.29, 0.717) is 17.3 Å². The van der Waals surface area contributed by atoms with Crippen LogP contribution in [0.3, 0.4) is 0 Å². The molecule has 23 heavy (non-hydrogen) atoms. The summed E-state index contributed by atoms with van der Waals surface area (Å²) in [6.07, 6.45) is -3.33. The number of benzene rings is 1. The predicted molar refractivity (Wildman–Crippen MR) is 86.3 cm³/mol. The van der Waals surface area contributed by atoms with Crippen LogP contribution in [0.15, 0.2) is 28.8 Å². The van der Waals surface area contributed by atoms with Crippen molar-refractivity contribution in [2.24, 2.45) is 0 Å². The van der Waals surface area contributed by atoms with Crippen molar-refractivity contribution in [1.82, 2.24) is 5.16 Å². The lowest BCUT2D eigenvalue weighted by molar-refractivity contribution is -0.0785. The molecule has 0 aliphatic carbocycles. The summed E-state index contributed by atoms with van der Waals surface area (Å²) in [6, 6.07) is 7.41. The lowest BCUT2D eigenvalue weighted by atomic mass is 10.0. The third-order valence-corrected chi connectivity index (χ3v) is 5.12. The van der Waals surface area contributed by atoms with Crippen molar-refractivity contribution in [2.45, 2.75) is 37.6 Å². The number of hydrogen-bond acceptors (Lipinski definition) is 7. The molecule has 1 aliphatic rings. The Morgan fingerprint density at radius 3 is 2.61 bits per heavy atom. The number of nitrogens with zero attached hydrogens (tertiary/aromatic N) is 1. The predicted octanol–water partition coefficient (Wildman–Crippen LogP) is 1.49. The molecule has 0 bridgehead atoms. The summed E-state index contributed by atoms with van der Waals surface area (Å²) in [7, 11) is 0. The van der Waals surface area contributed by atoms with Crippen molar-refractivity contribution in [1.29, 1.82) is 0 Å². The molecule has 3 N–H and O–H groups in total. The van der Waals surface area contributed by atoms with Crippen molar-refractivity contribution in [3.8, 4) is 16.9 Å². The van der Waals surface area contributed by atoms with Crippen molar-refractivity contribution >= 4 is 11.8 Å². The Morgan fingerprint density at radius 1 is 1.17 bits per heavy atom. The average molecular weight is 337 g/mol. The first-order valence-corrected chi connectivity index (χ1v) is 8.38. The van der Waals surface area contributed by atoms with Gasteiger partial charge < -0.3 is 24.6 Å². The highest BCUT2D eigenvalue weighted by atomic mass is 32.2. The summed E-state index contributed by atoms with van der Waals surface area (Å²) < 4.78 is 11.1. The Labute approximate surface area is 138 Å². The van der Waals surface area contributed by atoms with Gasteiger partial charge in [-0.2, -0.15) is 0 Å². The van der Waals surface area contributed by atoms with Gasteiger partial charge in [-0.1, -0.05) is 23.4 Å². The SMILES string of the molecule is Cc1noc(C)c1-c1ccccc1O[C@@H]1SC[C@@H](O)[C@H](O)[C@H]1O. The van der Waals surface area contributed by atoms with Crippen LogP contribution in [0, 0.1) is 13.8 Å². The Balaban J connectivity index is 1.90. The summed E-state index contributed by atoms with van der Waals surface area (Å²) in [5.41, 5.74) is 1.77. The Bertz CT molecular complexity index is 669. The van der Waals surface area contributed by atoms with Crippen molar-refractivity contribution in [3.63, 3.8) is 0 Å². The summed E-state index contributed by atoms with van der Waals surface area (Å²) in [5.74, 6) is 1.56. The lowest BCUT2D eigenvalue weighted by Crippen LogP contribution is -2.50. The summed E-state index contributed by atoms with van der Waals surface area (Å²) >= 11 is 1.27. The number of hydrogen-bond donors (Lipinski definition) is 3. The topological polar surface area (TPSA) is 96.0 Å². The molecule has 0 saturated carbocycles. The number of aromatic nitrogens is 1. The van der Waals surface area contributed by atoms with Crippen molar-refractivity contribution < 1.29 is 24.6 Å². The second-order valence-corrected chi connectivity index (χ2v) is 6.69. The van der Waals surface area contributed by atoms with Crippen LogP contribution in [0.5, 0.6) is 5.75 Å². The highest BCUT2D eigenvalue weighted by Gasteiger charge is 2.38. The van der Waals surface area contributed by atoms with Gasteiger partial charge in [-0.05, 0) is 19.9 Å². The van der Waals surface area contributed by atoms with E-state index in [1.807, 2.05) is 32.0 Å². The molecular formula is C16H19NO5S. The summed E-state index contributed by atoms with van der Waals surface area (Å²) in [4.78, 5) is 0. The van der Waals surface area contributed by atoms with E-state index < -0.39 is 23.7 Å². The molecule has 124 valence electrons. The molecule has 0 unspecified atom stereocenters. The minimum atomic E-state index is -1.22. The Hall–Kier alpha value is -1.54. The number of para-hydroxylation sites is 1. The van der Waals surface area contributed by atoms with Crippen LogP contribution < -0.4 is 4.74 Å². The second kappa shape index (κ2) is 6.52. The normalized spacial score (nSPS) is 27.9. The molecule has 0 spiro atoms. The number of ether oxygens (including phenoxy) is 1. The molecule has 4 atom stereocenters. The molecule has 6 nitrogen and oxygen atoms in total. The maximum absolute atomic E-state index is 10.1. The molecule has 1 saturated heterocycles. The number of rotatable bonds is 3. The molecule has 2 aromatic rings. The lowest BCUT2D eigenvalue weighted by Gasteiger charge is -2.34. The third-order valence-electron chi connectivity index (χ3n) is 3.89. The molecule has 2 heterocycles. The van der Waals surface area contributed by atoms with Crippen LogP contribution in [-0.4, -0.2) is 50.0 Å². The van der Waals surface area contributed by atoms with E-state index in [1.54, 1.807) is 6.07 Å². The Morgan fingerprint density at radius 2 is 1.91 bits per heavy atom. The molecule has 3 rings (SSSR count). The molecule has 0 radical (unpaired) electrons. The highest BCUT2D eigenvalue weighted by molar-refractivity contribution is 7.99. The van der Waals surface area contributed by atoms with Crippen LogP contribution >= 0.6 is 11.8 Å². The fourth-order valence-electron chi connectivity index (χ4n) is 2.65. The zero-order chi connectivity index (χ0) is 16.6. The molecular weight excluding hydrogens is 318 g/mol. The van der Waals surface area contributed by atoms with Gasteiger partial charge >= 0.3 is 0 Å². The molecule has 1 aromatic carbocycles. The fraction of sp³-hybridized carbons (Fsp3) is 0.438. The van der Waals surface area contributed by atoms with E-state index >= 15 is 0 Å². The standard InChI is InChI=1S/C16H19NO5S/c1-8-13(9(2)22-17-8)10-5-3-4-6-12(10)21-16-15(20)14(19)11(18)7-23-16/h3-6,11,14-16,18-20H,7H2,1-2H3/t11-,14+,15-,16-/m1/s1. The largest absolute Gasteiger partial charge is 0.476 e. The van der Waals surface area contributed by atoms with Crippen LogP contribution in [0.1, 0.15) is 11.5 Å². The van der Waals surface area contributed by atoms with Gasteiger partial charge in [-0.3, -0.25) is 0 Å². The van der Waals surface area contributed by atoms with E-state index in [4.69, 9.17) is 9.26 Å². The van der Waals surface area contributed by atoms with E-state index in [2.05, 4.69) is 5.16 Å². The molecule has 1 aliphatic heterocycles. The van der Waals surface area contributed by atoms with Gasteiger partial charge in [0.05, 0.1) is 17.4 Å². The average Bonchev–Trinajstić information content (AvgIpc) is 2.87. The third kappa shape index (κ3) is 3.10. The minimum absolute atomic E-state index is 0.302. The van der Waals surface area contributed by atoms with Gasteiger partial charge in [-0.25, -0.2) is 0 Å². The molecule has 1 fully saturated rings. The van der Waals surface area contributed by atoms with Crippen LogP contribution in [0.2, 0.25) is 0 Å². The van der Waals surface area contributed by atoms with Gasteiger partial charge in [0.2, 0.25) is 0 Å². The van der Waals surface area contributed by atoms with Crippen LogP contribution in [0.25, 0.3) is 11.1 Å². The smallest absolute Gasteiger partial charge is 0.173 e. The molecule has 0 amide bonds. The minimum Gasteiger partial charge on any atom is -0.476 e. The van der Waals surface area contributed by atoms with Gasteiger partial charge in [-0.15, -0.1) is 11.8 Å². The number of aryl methyl sites for hydroxylation is 2. The quantitative estimate of drug-likeness (QED) is 0.781. The van der Waals surface area contributed by atoms with Gasteiger partial charge in [0, 0.05) is 11.3 Å². The van der Waals surface area contributed by atoms with E-state index in [0.717, 1.165) is 16.8 Å². The van der Waals surface area contributed by atoms with Crippen LogP contribution in [0.4, 0.5) is 0 Å². The molecule has 7 heteroatoms. The van der Waals surface area contributed by atoms with Gasteiger partial charge in [0.25, 0.3) is 0 Å². The van der Waals surface area contributed by atoms with Crippen molar-refractivity contribution in [3.05, 3.63) is 35.7 Å². The first-order chi connectivity index (χ1) is 11.0. The fourth-order valence-corrected chi connectivity index (χ4v) is 3.77. The van der Waals surface area contributed by atoms with Crippen molar-refractivity contribution in [2.75, 3.05) is 5.75 Å². The van der Waals surface area contributed by atoms with Crippen LogP contribution in [-0.2, 0) is 0 Å². The van der Waals surface area contributed by atoms with Gasteiger partial charge in [0.1, 0.15) is 23.7 Å². The van der Waals surface area contributed by atoms with Gasteiger partial charge in [0.15, 0.2) is 5.44 Å². The highest BCUT2D eigenvalue weighted by Crippen LogP contribution is 2.37. The summed E-state index contributed by atoms with van der Waals surface area (Å²) in [5, 5.41) is 33.5. The van der Waals surface area contributed by atoms with E-state index in [-0.39, 0.29) is 0 Å². The Kier molecular flexibility index (Phi) is 4.63. The first kappa shape index (κ1) is 16.3. The summed E-state index contributed by atoms with van der Waals surface area (Å²) in [6.45, 7) is 3.68. The zero-order valence-electron chi connectivity index (χ0n) is 12.8.